The molecular weight excluding hydrogens is 427 g/mol. The lowest BCUT2D eigenvalue weighted by Crippen LogP contribution is -2.46. The topological polar surface area (TPSA) is 66.8 Å². The maximum Gasteiger partial charge on any atom is 0.309 e. The van der Waals surface area contributed by atoms with Gasteiger partial charge in [-0.15, -0.1) is 35.3 Å². The Morgan fingerprint density at radius 1 is 1.52 bits per heavy atom. The van der Waals surface area contributed by atoms with E-state index >= 15 is 0 Å². The van der Waals surface area contributed by atoms with Gasteiger partial charge >= 0.3 is 5.97 Å². The molecule has 0 unspecified atom stereocenters. The van der Waals surface area contributed by atoms with Crippen molar-refractivity contribution in [3.05, 3.63) is 16.1 Å². The van der Waals surface area contributed by atoms with Gasteiger partial charge in [-0.05, 0) is 26.7 Å². The smallest absolute Gasteiger partial charge is 0.309 e. The zero-order valence-electron chi connectivity index (χ0n) is 13.9. The molecule has 1 aliphatic heterocycles. The second kappa shape index (κ2) is 10.1. The molecule has 2 rings (SSSR count). The first-order valence-corrected chi connectivity index (χ1v) is 8.49. The number of esters is 1. The lowest BCUT2D eigenvalue weighted by Gasteiger charge is -2.33. The van der Waals surface area contributed by atoms with Gasteiger partial charge in [0.05, 0.1) is 24.1 Å². The average molecular weight is 452 g/mol. The molecule has 8 heteroatoms. The Bertz CT molecular complexity index is 527. The number of hydrogen-bond acceptors (Lipinski definition) is 5. The normalized spacial score (nSPS) is 16.0. The number of nitrogens with zero attached hydrogens (tertiary/aromatic N) is 3. The van der Waals surface area contributed by atoms with E-state index in [1.807, 2.05) is 20.0 Å². The van der Waals surface area contributed by atoms with Gasteiger partial charge in [0.2, 0.25) is 0 Å². The first kappa shape index (κ1) is 20.1. The number of guanidine groups is 1. The van der Waals surface area contributed by atoms with E-state index < -0.39 is 0 Å². The molecule has 0 aromatic carbocycles. The Labute approximate surface area is 158 Å². The maximum atomic E-state index is 11.8. The minimum atomic E-state index is -0.0646. The van der Waals surface area contributed by atoms with Gasteiger partial charge in [-0.25, -0.2) is 4.98 Å². The van der Waals surface area contributed by atoms with Crippen LogP contribution in [0, 0.1) is 12.8 Å². The highest BCUT2D eigenvalue weighted by Crippen LogP contribution is 2.19. The first-order chi connectivity index (χ1) is 10.6. The number of aliphatic imine (C=N–C) groups is 1. The van der Waals surface area contributed by atoms with Crippen molar-refractivity contribution in [2.24, 2.45) is 10.9 Å². The Morgan fingerprint density at radius 3 is 2.74 bits per heavy atom. The predicted octanol–water partition coefficient (Wildman–Crippen LogP) is 2.42. The summed E-state index contributed by atoms with van der Waals surface area (Å²) in [5.74, 6) is 0.844. The molecule has 0 atom stereocenters. The molecule has 0 spiro atoms. The molecule has 1 fully saturated rings. The molecule has 0 saturated carbocycles. The van der Waals surface area contributed by atoms with Gasteiger partial charge in [-0.3, -0.25) is 9.79 Å². The molecule has 0 amide bonds. The molecule has 23 heavy (non-hydrogen) atoms. The second-order valence-corrected chi connectivity index (χ2v) is 6.58. The molecule has 1 N–H and O–H groups in total. The number of hydrogen-bond donors (Lipinski definition) is 1. The van der Waals surface area contributed by atoms with Crippen molar-refractivity contribution in [1.82, 2.24) is 15.2 Å². The average Bonchev–Trinajstić information content (AvgIpc) is 2.94. The summed E-state index contributed by atoms with van der Waals surface area (Å²) in [6, 6.07) is 0. The standard InChI is InChI=1S/C15H24N4O2S.HI/c1-4-21-14(20)12-5-7-19(8-6-12)15(16-3)18-10-13-9-17-11(2)22-13;/h9,12H,4-8,10H2,1-3H3,(H,16,18);1H. The summed E-state index contributed by atoms with van der Waals surface area (Å²) in [4.78, 5) is 23.8. The minimum absolute atomic E-state index is 0. The Kier molecular flexibility index (Phi) is 8.82. The molecular formula is C15H25IN4O2S. The number of carbonyl (C=O) groups is 1. The Balaban J connectivity index is 0.00000264. The molecule has 1 aromatic heterocycles. The zero-order chi connectivity index (χ0) is 15.9. The van der Waals surface area contributed by atoms with Crippen LogP contribution in [0.4, 0.5) is 0 Å². The van der Waals surface area contributed by atoms with Gasteiger partial charge in [0.1, 0.15) is 0 Å². The van der Waals surface area contributed by atoms with Gasteiger partial charge in [0, 0.05) is 31.2 Å². The second-order valence-electron chi connectivity index (χ2n) is 5.26. The van der Waals surface area contributed by atoms with E-state index in [0.29, 0.717) is 6.61 Å². The van der Waals surface area contributed by atoms with E-state index in [0.717, 1.165) is 43.4 Å². The van der Waals surface area contributed by atoms with E-state index in [2.05, 4.69) is 20.2 Å². The number of halogens is 1. The zero-order valence-corrected chi connectivity index (χ0v) is 17.0. The lowest BCUT2D eigenvalue weighted by atomic mass is 9.97. The number of ether oxygens (including phenoxy) is 1. The summed E-state index contributed by atoms with van der Waals surface area (Å²) < 4.78 is 5.10. The molecule has 0 radical (unpaired) electrons. The van der Waals surface area contributed by atoms with Crippen LogP contribution in [0.1, 0.15) is 29.7 Å². The lowest BCUT2D eigenvalue weighted by molar-refractivity contribution is -0.149. The van der Waals surface area contributed by atoms with Crippen molar-refractivity contribution in [3.8, 4) is 0 Å². The van der Waals surface area contributed by atoms with E-state index in [4.69, 9.17) is 4.74 Å². The fourth-order valence-electron chi connectivity index (χ4n) is 2.57. The van der Waals surface area contributed by atoms with Crippen molar-refractivity contribution in [2.45, 2.75) is 33.2 Å². The van der Waals surface area contributed by atoms with Crippen LogP contribution < -0.4 is 5.32 Å². The predicted molar refractivity (Wildman–Crippen MR) is 103 cm³/mol. The number of rotatable bonds is 4. The third kappa shape index (κ3) is 5.91. The van der Waals surface area contributed by atoms with Gasteiger partial charge in [0.15, 0.2) is 5.96 Å². The number of likely N-dealkylation sites (tertiary alicyclic amines) is 1. The third-order valence-corrected chi connectivity index (χ3v) is 4.63. The quantitative estimate of drug-likeness (QED) is 0.329. The fourth-order valence-corrected chi connectivity index (χ4v) is 3.31. The summed E-state index contributed by atoms with van der Waals surface area (Å²) >= 11 is 1.69. The fraction of sp³-hybridized carbons (Fsp3) is 0.667. The summed E-state index contributed by atoms with van der Waals surface area (Å²) in [6.45, 7) is 6.69. The van der Waals surface area contributed by atoms with E-state index in [9.17, 15) is 4.79 Å². The van der Waals surface area contributed by atoms with Crippen LogP contribution in [0.15, 0.2) is 11.2 Å². The molecule has 0 aliphatic carbocycles. The molecule has 2 heterocycles. The molecule has 6 nitrogen and oxygen atoms in total. The highest BCUT2D eigenvalue weighted by molar-refractivity contribution is 14.0. The number of piperidine rings is 1. The molecule has 130 valence electrons. The van der Waals surface area contributed by atoms with Crippen LogP contribution in [-0.2, 0) is 16.1 Å². The van der Waals surface area contributed by atoms with Crippen molar-refractivity contribution in [2.75, 3.05) is 26.7 Å². The number of carbonyl (C=O) groups excluding carboxylic acids is 1. The third-order valence-electron chi connectivity index (χ3n) is 3.72. The SMILES string of the molecule is CCOC(=O)C1CCN(C(=NC)NCc2cnc(C)s2)CC1.I. The van der Waals surface area contributed by atoms with E-state index in [1.54, 1.807) is 18.4 Å². The van der Waals surface area contributed by atoms with Crippen LogP contribution in [0.5, 0.6) is 0 Å². The number of aryl methyl sites for hydroxylation is 1. The highest BCUT2D eigenvalue weighted by atomic mass is 127. The van der Waals surface area contributed by atoms with Crippen molar-refractivity contribution in [1.29, 1.82) is 0 Å². The number of aromatic nitrogens is 1. The monoisotopic (exact) mass is 452 g/mol. The highest BCUT2D eigenvalue weighted by Gasteiger charge is 2.27. The minimum Gasteiger partial charge on any atom is -0.466 e. The number of nitrogens with one attached hydrogen (secondary N) is 1. The van der Waals surface area contributed by atoms with Gasteiger partial charge in [-0.2, -0.15) is 0 Å². The van der Waals surface area contributed by atoms with Gasteiger partial charge in [-0.1, -0.05) is 0 Å². The largest absolute Gasteiger partial charge is 0.466 e. The van der Waals surface area contributed by atoms with Crippen molar-refractivity contribution < 1.29 is 9.53 Å². The maximum absolute atomic E-state index is 11.8. The van der Waals surface area contributed by atoms with Gasteiger partial charge in [0.25, 0.3) is 0 Å². The summed E-state index contributed by atoms with van der Waals surface area (Å²) in [7, 11) is 1.79. The summed E-state index contributed by atoms with van der Waals surface area (Å²) in [5.41, 5.74) is 0. The molecule has 0 bridgehead atoms. The van der Waals surface area contributed by atoms with Crippen LogP contribution in [0.25, 0.3) is 0 Å². The van der Waals surface area contributed by atoms with Crippen molar-refractivity contribution in [3.63, 3.8) is 0 Å². The van der Waals surface area contributed by atoms with E-state index in [-0.39, 0.29) is 35.9 Å². The molecule has 1 aromatic rings. The number of thiazole rings is 1. The Hall–Kier alpha value is -0.900. The van der Waals surface area contributed by atoms with Crippen LogP contribution in [-0.4, -0.2) is 48.6 Å². The molecule has 1 saturated heterocycles. The first-order valence-electron chi connectivity index (χ1n) is 7.67. The van der Waals surface area contributed by atoms with Crippen molar-refractivity contribution >= 4 is 47.2 Å². The van der Waals surface area contributed by atoms with Crippen LogP contribution in [0.3, 0.4) is 0 Å². The van der Waals surface area contributed by atoms with Crippen LogP contribution in [0.2, 0.25) is 0 Å². The van der Waals surface area contributed by atoms with E-state index in [1.165, 1.54) is 4.88 Å². The molecule has 1 aliphatic rings. The summed E-state index contributed by atoms with van der Waals surface area (Å²) in [5, 5.41) is 4.44. The van der Waals surface area contributed by atoms with Crippen LogP contribution >= 0.6 is 35.3 Å². The van der Waals surface area contributed by atoms with Gasteiger partial charge < -0.3 is 15.0 Å². The Morgan fingerprint density at radius 2 is 2.22 bits per heavy atom. The summed E-state index contributed by atoms with van der Waals surface area (Å²) in [6.07, 6.45) is 3.53.